The van der Waals surface area contributed by atoms with Gasteiger partial charge < -0.3 is 0 Å². The molecule has 0 saturated heterocycles. The maximum absolute atomic E-state index is 4.03. The molecule has 62 valence electrons. The number of unbranched alkanes of at least 4 members (excludes halogenated alkanes) is 2. The van der Waals surface area contributed by atoms with Crippen LogP contribution < -0.4 is 0 Å². The summed E-state index contributed by atoms with van der Waals surface area (Å²) in [6.45, 7) is 4.27. The van der Waals surface area contributed by atoms with Crippen LogP contribution in [0.5, 0.6) is 0 Å². The van der Waals surface area contributed by atoms with Crippen LogP contribution in [0.2, 0.25) is 0 Å². The number of aromatic nitrogens is 1. The van der Waals surface area contributed by atoms with Crippen molar-refractivity contribution < 1.29 is 0 Å². The Morgan fingerprint density at radius 2 is 2.50 bits per heavy atom. The van der Waals surface area contributed by atoms with Gasteiger partial charge >= 0.3 is 74.0 Å². The van der Waals surface area contributed by atoms with Gasteiger partial charge in [-0.15, -0.1) is 0 Å². The van der Waals surface area contributed by atoms with Crippen LogP contribution in [-0.4, -0.2) is 11.9 Å². The zero-order valence-corrected chi connectivity index (χ0v) is 7.53. The molecular formula is C10H14BN. The molecule has 1 heterocycles. The van der Waals surface area contributed by atoms with Crippen LogP contribution in [0, 0.1) is 0 Å². The zero-order valence-electron chi connectivity index (χ0n) is 7.53. The number of hydrogen-bond acceptors (Lipinski definition) is 1. The van der Waals surface area contributed by atoms with Crippen LogP contribution in [-0.2, 0) is 0 Å². The molecule has 0 aliphatic carbocycles. The Morgan fingerprint density at radius 1 is 1.58 bits per heavy atom. The molecule has 0 atom stereocenters. The molecule has 0 spiro atoms. The van der Waals surface area contributed by atoms with E-state index in [1.54, 1.807) is 6.20 Å². The second-order valence-electron chi connectivity index (χ2n) is 2.83. The molecule has 2 heteroatoms. The van der Waals surface area contributed by atoms with E-state index in [0.717, 1.165) is 0 Å². The van der Waals surface area contributed by atoms with Gasteiger partial charge in [0.1, 0.15) is 0 Å². The summed E-state index contributed by atoms with van der Waals surface area (Å²) >= 11 is 0. The monoisotopic (exact) mass is 159 g/mol. The first-order valence-corrected chi connectivity index (χ1v) is 4.50. The van der Waals surface area contributed by atoms with Gasteiger partial charge in [0.05, 0.1) is 0 Å². The van der Waals surface area contributed by atoms with Gasteiger partial charge in [-0.1, -0.05) is 0 Å². The van der Waals surface area contributed by atoms with Crippen molar-refractivity contribution in [1.82, 2.24) is 4.98 Å². The van der Waals surface area contributed by atoms with Gasteiger partial charge in [-0.2, -0.15) is 0 Å². The molecule has 0 aromatic carbocycles. The number of rotatable bonds is 4. The SMILES string of the molecule is CCCCC=Cc1bccnc1. The molecule has 12 heavy (non-hydrogen) atoms. The Kier molecular flexibility index (Phi) is 4.36. The van der Waals surface area contributed by atoms with Gasteiger partial charge in [-0.05, 0) is 0 Å². The second kappa shape index (κ2) is 5.70. The molecule has 0 aliphatic rings. The predicted octanol–water partition coefficient (Wildman–Crippen LogP) is 2.62. The fourth-order valence-electron chi connectivity index (χ4n) is 1.02. The summed E-state index contributed by atoms with van der Waals surface area (Å²) in [5.41, 5.74) is 1.19. The van der Waals surface area contributed by atoms with Crippen molar-refractivity contribution in [2.24, 2.45) is 0 Å². The van der Waals surface area contributed by atoms with Crippen molar-refractivity contribution >= 4 is 13.0 Å². The Bertz CT molecular complexity index is 231. The molecule has 1 aromatic heterocycles. The molecule has 0 amide bonds. The van der Waals surface area contributed by atoms with E-state index in [2.05, 4.69) is 31.0 Å². The molecule has 0 aliphatic heterocycles. The topological polar surface area (TPSA) is 12.9 Å². The van der Waals surface area contributed by atoms with Gasteiger partial charge in [0.2, 0.25) is 0 Å². The second-order valence-corrected chi connectivity index (χ2v) is 2.83. The van der Waals surface area contributed by atoms with Crippen molar-refractivity contribution in [3.8, 4) is 0 Å². The van der Waals surface area contributed by atoms with Gasteiger partial charge in [0.25, 0.3) is 0 Å². The van der Waals surface area contributed by atoms with Gasteiger partial charge in [-0.25, -0.2) is 0 Å². The maximum atomic E-state index is 4.03. The molecule has 0 N–H and O–H groups in total. The third kappa shape index (κ3) is 3.47. The predicted molar refractivity (Wildman–Crippen MR) is 54.1 cm³/mol. The van der Waals surface area contributed by atoms with Crippen molar-refractivity contribution in [2.75, 3.05) is 0 Å². The molecule has 0 unspecified atom stereocenters. The van der Waals surface area contributed by atoms with Crippen molar-refractivity contribution in [1.29, 1.82) is 0 Å². The molecule has 1 aromatic rings. The van der Waals surface area contributed by atoms with E-state index < -0.39 is 0 Å². The first-order chi connectivity index (χ1) is 5.93. The third-order valence-corrected chi connectivity index (χ3v) is 1.72. The quantitative estimate of drug-likeness (QED) is 0.615. The first kappa shape index (κ1) is 9.18. The fourth-order valence-corrected chi connectivity index (χ4v) is 1.02. The normalized spacial score (nSPS) is 10.4. The van der Waals surface area contributed by atoms with Gasteiger partial charge in [0, 0.05) is 0 Å². The van der Waals surface area contributed by atoms with E-state index in [0.29, 0.717) is 0 Å². The van der Waals surface area contributed by atoms with E-state index in [1.807, 2.05) is 12.2 Å². The van der Waals surface area contributed by atoms with Gasteiger partial charge in [-0.3, -0.25) is 0 Å². The van der Waals surface area contributed by atoms with Crippen LogP contribution in [0.15, 0.2) is 24.4 Å². The first-order valence-electron chi connectivity index (χ1n) is 4.50. The average Bonchev–Trinajstić information content (AvgIpc) is 2.14. The summed E-state index contributed by atoms with van der Waals surface area (Å²) in [6, 6.07) is 0. The molecule has 0 bridgehead atoms. The Morgan fingerprint density at radius 3 is 3.17 bits per heavy atom. The van der Waals surface area contributed by atoms with E-state index in [1.165, 1.54) is 24.7 Å². The third-order valence-electron chi connectivity index (χ3n) is 1.72. The Labute approximate surface area is 74.8 Å². The van der Waals surface area contributed by atoms with E-state index in [4.69, 9.17) is 0 Å². The van der Waals surface area contributed by atoms with Crippen LogP contribution in [0.3, 0.4) is 0 Å². The molecule has 1 rings (SSSR count). The van der Waals surface area contributed by atoms with Gasteiger partial charge in [0.15, 0.2) is 0 Å². The van der Waals surface area contributed by atoms with Crippen molar-refractivity contribution in [2.45, 2.75) is 26.2 Å². The Balaban J connectivity index is 2.36. The molecule has 0 radical (unpaired) electrons. The van der Waals surface area contributed by atoms with Crippen LogP contribution in [0.25, 0.3) is 6.08 Å². The van der Waals surface area contributed by atoms with Crippen LogP contribution >= 0.6 is 0 Å². The van der Waals surface area contributed by atoms with Crippen molar-refractivity contribution in [3.05, 3.63) is 29.9 Å². The summed E-state index contributed by atoms with van der Waals surface area (Å²) in [5.74, 6) is 1.96. The average molecular weight is 159 g/mol. The van der Waals surface area contributed by atoms with Crippen LogP contribution in [0.4, 0.5) is 0 Å². The summed E-state index contributed by atoms with van der Waals surface area (Å²) in [5, 5.41) is 0. The zero-order chi connectivity index (χ0) is 8.65. The summed E-state index contributed by atoms with van der Waals surface area (Å²) in [6.07, 6.45) is 11.7. The molecule has 0 saturated carbocycles. The van der Waals surface area contributed by atoms with E-state index in [-0.39, 0.29) is 0 Å². The standard InChI is InChI=1S/C10H14BN/c1-2-3-4-5-6-10-9-12-8-7-11-10/h5-9H,2-4H2,1H3. The molecular weight excluding hydrogens is 145 g/mol. The number of allylic oxidation sites excluding steroid dienone is 1. The van der Waals surface area contributed by atoms with Crippen LogP contribution in [0.1, 0.15) is 31.6 Å². The Hall–Kier alpha value is -0.915. The minimum atomic E-state index is 1.17. The van der Waals surface area contributed by atoms with E-state index in [9.17, 15) is 0 Å². The fraction of sp³-hybridized carbons (Fsp3) is 0.400. The van der Waals surface area contributed by atoms with Crippen molar-refractivity contribution in [3.63, 3.8) is 0 Å². The number of nitrogens with zero attached hydrogens (tertiary/aromatic N) is 1. The summed E-state index contributed by atoms with van der Waals surface area (Å²) in [7, 11) is 0. The molecule has 0 fully saturated rings. The molecule has 1 nitrogen and oxygen atoms in total. The summed E-state index contributed by atoms with van der Waals surface area (Å²) in [4.78, 5) is 4.03. The number of hydrogen-bond donors (Lipinski definition) is 0. The summed E-state index contributed by atoms with van der Waals surface area (Å²) < 4.78 is 0. The van der Waals surface area contributed by atoms with E-state index >= 15 is 0 Å². The minimum absolute atomic E-state index is 1.17.